The molecule has 1 aromatic carbocycles. The summed E-state index contributed by atoms with van der Waals surface area (Å²) >= 11 is 0. The highest BCUT2D eigenvalue weighted by molar-refractivity contribution is 6.07. The van der Waals surface area contributed by atoms with Crippen molar-refractivity contribution in [3.63, 3.8) is 0 Å². The zero-order chi connectivity index (χ0) is 12.5. The fourth-order valence-corrected chi connectivity index (χ4v) is 1.80. The van der Waals surface area contributed by atoms with Crippen molar-refractivity contribution in [3.8, 4) is 0 Å². The van der Waals surface area contributed by atoms with Crippen molar-refractivity contribution in [3.05, 3.63) is 47.5 Å². The molecule has 1 aromatic heterocycles. The average molecular weight is 246 g/mol. The minimum Gasteiger partial charge on any atom is -0.312 e. The van der Waals surface area contributed by atoms with Gasteiger partial charge in [-0.25, -0.2) is 9.07 Å². The molecule has 1 aliphatic heterocycles. The Morgan fingerprint density at radius 2 is 2.17 bits per heavy atom. The highest BCUT2D eigenvalue weighted by Gasteiger charge is 2.23. The first kappa shape index (κ1) is 11.0. The Balaban J connectivity index is 1.88. The maximum absolute atomic E-state index is 13.5. The number of benzene rings is 1. The van der Waals surface area contributed by atoms with Crippen LogP contribution in [0.5, 0.6) is 0 Å². The largest absolute Gasteiger partial charge is 0.312 e. The number of nitrogens with zero attached hydrogens (tertiary/aromatic N) is 3. The predicted octanol–water partition coefficient (Wildman–Crippen LogP) is 0.792. The molecule has 0 atom stereocenters. The molecule has 0 amide bonds. The Labute approximate surface area is 103 Å². The maximum Gasteiger partial charge on any atom is 0.217 e. The van der Waals surface area contributed by atoms with Crippen LogP contribution in [0.15, 0.2) is 30.5 Å². The van der Waals surface area contributed by atoms with Crippen molar-refractivity contribution in [1.82, 2.24) is 20.3 Å². The fourth-order valence-electron chi connectivity index (χ4n) is 1.80. The monoisotopic (exact) mass is 246 g/mol. The van der Waals surface area contributed by atoms with Gasteiger partial charge >= 0.3 is 0 Å². The number of hydrogen-bond donors (Lipinski definition) is 1. The van der Waals surface area contributed by atoms with Gasteiger partial charge in [-0.15, -0.1) is 5.10 Å². The SMILES string of the molecule is O=C(c1cn(C2CNC2)nn1)c1ccccc1F. The number of nitrogens with one attached hydrogen (secondary N) is 1. The van der Waals surface area contributed by atoms with Gasteiger partial charge in [-0.05, 0) is 12.1 Å². The van der Waals surface area contributed by atoms with Gasteiger partial charge in [0.25, 0.3) is 0 Å². The molecular formula is C12H11FN4O. The van der Waals surface area contributed by atoms with E-state index in [0.29, 0.717) is 0 Å². The van der Waals surface area contributed by atoms with Gasteiger partial charge < -0.3 is 5.32 Å². The van der Waals surface area contributed by atoms with E-state index in [0.717, 1.165) is 13.1 Å². The van der Waals surface area contributed by atoms with Gasteiger partial charge in [0.05, 0.1) is 17.8 Å². The number of hydrogen-bond acceptors (Lipinski definition) is 4. The van der Waals surface area contributed by atoms with E-state index in [1.807, 2.05) is 0 Å². The van der Waals surface area contributed by atoms with Crippen molar-refractivity contribution in [1.29, 1.82) is 0 Å². The lowest BCUT2D eigenvalue weighted by molar-refractivity contribution is 0.103. The van der Waals surface area contributed by atoms with Crippen LogP contribution in [0.25, 0.3) is 0 Å². The van der Waals surface area contributed by atoms with Gasteiger partial charge in [-0.3, -0.25) is 4.79 Å². The van der Waals surface area contributed by atoms with Crippen molar-refractivity contribution in [2.45, 2.75) is 6.04 Å². The van der Waals surface area contributed by atoms with E-state index in [1.54, 1.807) is 23.0 Å². The molecule has 1 aliphatic rings. The minimum atomic E-state index is -0.539. The molecule has 2 heterocycles. The van der Waals surface area contributed by atoms with E-state index in [-0.39, 0.29) is 17.3 Å². The van der Waals surface area contributed by atoms with Crippen molar-refractivity contribution < 1.29 is 9.18 Å². The highest BCUT2D eigenvalue weighted by atomic mass is 19.1. The first-order chi connectivity index (χ1) is 8.75. The highest BCUT2D eigenvalue weighted by Crippen LogP contribution is 2.14. The van der Waals surface area contributed by atoms with E-state index in [2.05, 4.69) is 15.6 Å². The first-order valence-corrected chi connectivity index (χ1v) is 5.67. The molecule has 92 valence electrons. The Morgan fingerprint density at radius 1 is 1.39 bits per heavy atom. The zero-order valence-electron chi connectivity index (χ0n) is 9.51. The molecule has 0 unspecified atom stereocenters. The van der Waals surface area contributed by atoms with Crippen LogP contribution in [0.1, 0.15) is 22.1 Å². The minimum absolute atomic E-state index is 0.0243. The van der Waals surface area contributed by atoms with Gasteiger partial charge in [0.1, 0.15) is 5.82 Å². The molecule has 1 N–H and O–H groups in total. The van der Waals surface area contributed by atoms with Crippen LogP contribution in [0.4, 0.5) is 4.39 Å². The van der Waals surface area contributed by atoms with Crippen molar-refractivity contribution >= 4 is 5.78 Å². The lowest BCUT2D eigenvalue weighted by Gasteiger charge is -2.26. The third kappa shape index (κ3) is 1.80. The lowest BCUT2D eigenvalue weighted by atomic mass is 10.1. The van der Waals surface area contributed by atoms with E-state index in [9.17, 15) is 9.18 Å². The van der Waals surface area contributed by atoms with E-state index in [4.69, 9.17) is 0 Å². The smallest absolute Gasteiger partial charge is 0.217 e. The van der Waals surface area contributed by atoms with E-state index >= 15 is 0 Å². The quantitative estimate of drug-likeness (QED) is 0.813. The summed E-state index contributed by atoms with van der Waals surface area (Å²) in [5, 5.41) is 10.8. The summed E-state index contributed by atoms with van der Waals surface area (Å²) in [5.74, 6) is -0.978. The number of aromatic nitrogens is 3. The molecule has 5 nitrogen and oxygen atoms in total. The molecule has 6 heteroatoms. The van der Waals surface area contributed by atoms with Gasteiger partial charge in [-0.2, -0.15) is 0 Å². The van der Waals surface area contributed by atoms with Crippen molar-refractivity contribution in [2.24, 2.45) is 0 Å². The molecule has 0 radical (unpaired) electrons. The standard InChI is InChI=1S/C12H11FN4O/c13-10-4-2-1-3-9(10)12(18)11-7-17(16-15-11)8-5-14-6-8/h1-4,7-8,14H,5-6H2. The Kier molecular flexibility index (Phi) is 2.64. The summed E-state index contributed by atoms with van der Waals surface area (Å²) in [5.41, 5.74) is 0.197. The van der Waals surface area contributed by atoms with Crippen LogP contribution in [-0.4, -0.2) is 33.9 Å². The molecule has 0 aliphatic carbocycles. The number of carbonyl (C=O) groups excluding carboxylic acids is 1. The second kappa shape index (κ2) is 4.30. The third-order valence-electron chi connectivity index (χ3n) is 3.00. The summed E-state index contributed by atoms with van der Waals surface area (Å²) in [4.78, 5) is 12.0. The molecule has 18 heavy (non-hydrogen) atoms. The Hall–Kier alpha value is -2.08. The molecule has 1 fully saturated rings. The summed E-state index contributed by atoms with van der Waals surface area (Å²) in [7, 11) is 0. The molecule has 3 rings (SSSR count). The van der Waals surface area contributed by atoms with Gasteiger partial charge in [0.2, 0.25) is 5.78 Å². The molecule has 0 bridgehead atoms. The Morgan fingerprint density at radius 3 is 2.83 bits per heavy atom. The molecule has 2 aromatic rings. The van der Waals surface area contributed by atoms with Gasteiger partial charge in [0, 0.05) is 13.1 Å². The van der Waals surface area contributed by atoms with E-state index < -0.39 is 11.6 Å². The first-order valence-electron chi connectivity index (χ1n) is 5.67. The molecule has 0 saturated carbocycles. The normalized spacial score (nSPS) is 15.4. The van der Waals surface area contributed by atoms with Crippen molar-refractivity contribution in [2.75, 3.05) is 13.1 Å². The second-order valence-corrected chi connectivity index (χ2v) is 4.20. The number of carbonyl (C=O) groups is 1. The van der Waals surface area contributed by atoms with Crippen LogP contribution in [-0.2, 0) is 0 Å². The lowest BCUT2D eigenvalue weighted by Crippen LogP contribution is -2.43. The molecule has 1 saturated heterocycles. The summed E-state index contributed by atoms with van der Waals surface area (Å²) in [6, 6.07) is 6.11. The van der Waals surface area contributed by atoms with Crippen LogP contribution >= 0.6 is 0 Å². The zero-order valence-corrected chi connectivity index (χ0v) is 9.51. The third-order valence-corrected chi connectivity index (χ3v) is 3.00. The fraction of sp³-hybridized carbons (Fsp3) is 0.250. The number of ketones is 1. The van der Waals surface area contributed by atoms with Crippen LogP contribution in [0.3, 0.4) is 0 Å². The average Bonchev–Trinajstić information content (AvgIpc) is 2.76. The van der Waals surface area contributed by atoms with Crippen LogP contribution in [0, 0.1) is 5.82 Å². The van der Waals surface area contributed by atoms with Crippen LogP contribution in [0.2, 0.25) is 0 Å². The summed E-state index contributed by atoms with van der Waals surface area (Å²) < 4.78 is 15.1. The summed E-state index contributed by atoms with van der Waals surface area (Å²) in [6.45, 7) is 1.63. The number of rotatable bonds is 3. The van der Waals surface area contributed by atoms with E-state index in [1.165, 1.54) is 12.1 Å². The second-order valence-electron chi connectivity index (χ2n) is 4.20. The van der Waals surface area contributed by atoms with Gasteiger partial charge in [0.15, 0.2) is 5.69 Å². The predicted molar refractivity (Wildman–Crippen MR) is 61.8 cm³/mol. The van der Waals surface area contributed by atoms with Gasteiger partial charge in [-0.1, -0.05) is 17.3 Å². The summed E-state index contributed by atoms with van der Waals surface area (Å²) in [6.07, 6.45) is 1.57. The topological polar surface area (TPSA) is 59.8 Å². The maximum atomic E-state index is 13.5. The molecular weight excluding hydrogens is 235 g/mol. The molecule has 0 spiro atoms. The Bertz CT molecular complexity index is 591. The number of halogens is 1. The van der Waals surface area contributed by atoms with Crippen LogP contribution < -0.4 is 5.32 Å².